The van der Waals surface area contributed by atoms with Crippen molar-refractivity contribution in [1.82, 2.24) is 4.90 Å². The molecule has 0 spiro atoms. The number of alkyl halides is 1. The van der Waals surface area contributed by atoms with Crippen LogP contribution in [0.2, 0.25) is 0 Å². The molecule has 1 aromatic rings. The highest BCUT2D eigenvalue weighted by Gasteiger charge is 2.40. The smallest absolute Gasteiger partial charge is 0.253 e. The standard InChI is InChI=1S/C17H22BrNO/c1-19(11-16-9-13-4-7-15(16)8-13)17(20)14-5-2-12(10-18)3-6-14/h2-3,5-6,13,15-16H,4,7-11H2,1H3. The number of hydrogen-bond acceptors (Lipinski definition) is 1. The van der Waals surface area contributed by atoms with Crippen molar-refractivity contribution in [3.8, 4) is 0 Å². The fourth-order valence-corrected chi connectivity index (χ4v) is 4.37. The van der Waals surface area contributed by atoms with E-state index in [2.05, 4.69) is 15.9 Å². The van der Waals surface area contributed by atoms with Gasteiger partial charge in [0.15, 0.2) is 0 Å². The van der Waals surface area contributed by atoms with Gasteiger partial charge in [-0.25, -0.2) is 0 Å². The summed E-state index contributed by atoms with van der Waals surface area (Å²) in [5.74, 6) is 2.73. The zero-order valence-corrected chi connectivity index (χ0v) is 13.6. The molecular weight excluding hydrogens is 314 g/mol. The Morgan fingerprint density at radius 1 is 1.25 bits per heavy atom. The molecule has 2 saturated carbocycles. The largest absolute Gasteiger partial charge is 0.341 e. The number of rotatable bonds is 4. The molecule has 3 rings (SSSR count). The van der Waals surface area contributed by atoms with Crippen LogP contribution in [0.4, 0.5) is 0 Å². The summed E-state index contributed by atoms with van der Waals surface area (Å²) >= 11 is 3.43. The van der Waals surface area contributed by atoms with Gasteiger partial charge in [0.1, 0.15) is 0 Å². The molecule has 20 heavy (non-hydrogen) atoms. The number of hydrogen-bond donors (Lipinski definition) is 0. The number of fused-ring (bicyclic) bond motifs is 2. The third-order valence-corrected chi connectivity index (χ3v) is 5.74. The summed E-state index contributed by atoms with van der Waals surface area (Å²) in [6.07, 6.45) is 5.56. The Kier molecular flexibility index (Phi) is 4.16. The number of carbonyl (C=O) groups is 1. The van der Waals surface area contributed by atoms with E-state index in [0.29, 0.717) is 0 Å². The van der Waals surface area contributed by atoms with Crippen LogP contribution >= 0.6 is 15.9 Å². The number of halogens is 1. The number of nitrogens with zero attached hydrogens (tertiary/aromatic N) is 1. The van der Waals surface area contributed by atoms with E-state index in [1.165, 1.54) is 31.2 Å². The first kappa shape index (κ1) is 14.1. The Labute approximate surface area is 129 Å². The van der Waals surface area contributed by atoms with E-state index in [1.54, 1.807) is 0 Å². The summed E-state index contributed by atoms with van der Waals surface area (Å²) in [6, 6.07) is 7.92. The highest BCUT2D eigenvalue weighted by atomic mass is 79.9. The van der Waals surface area contributed by atoms with Gasteiger partial charge in [-0.3, -0.25) is 4.79 Å². The summed E-state index contributed by atoms with van der Waals surface area (Å²) in [5, 5.41) is 0.836. The third-order valence-electron chi connectivity index (χ3n) is 5.09. The maximum atomic E-state index is 12.5. The van der Waals surface area contributed by atoms with Crippen molar-refractivity contribution in [2.24, 2.45) is 17.8 Å². The van der Waals surface area contributed by atoms with E-state index in [4.69, 9.17) is 0 Å². The van der Waals surface area contributed by atoms with Gasteiger partial charge in [0.2, 0.25) is 0 Å². The third kappa shape index (κ3) is 2.78. The molecule has 2 bridgehead atoms. The van der Waals surface area contributed by atoms with Crippen LogP contribution in [0.3, 0.4) is 0 Å². The molecule has 1 amide bonds. The summed E-state index contributed by atoms with van der Waals surface area (Å²) < 4.78 is 0. The van der Waals surface area contributed by atoms with E-state index in [0.717, 1.165) is 35.2 Å². The van der Waals surface area contributed by atoms with Crippen molar-refractivity contribution in [2.75, 3.05) is 13.6 Å². The van der Waals surface area contributed by atoms with Crippen LogP contribution in [-0.2, 0) is 5.33 Å². The van der Waals surface area contributed by atoms with Gasteiger partial charge in [-0.2, -0.15) is 0 Å². The fourth-order valence-electron chi connectivity index (χ4n) is 3.99. The summed E-state index contributed by atoms with van der Waals surface area (Å²) in [5.41, 5.74) is 2.01. The fraction of sp³-hybridized carbons (Fsp3) is 0.588. The summed E-state index contributed by atoms with van der Waals surface area (Å²) in [6.45, 7) is 0.931. The van der Waals surface area contributed by atoms with Crippen molar-refractivity contribution in [1.29, 1.82) is 0 Å². The molecule has 2 aliphatic carbocycles. The minimum Gasteiger partial charge on any atom is -0.341 e. The van der Waals surface area contributed by atoms with Crippen LogP contribution in [0.1, 0.15) is 41.6 Å². The maximum Gasteiger partial charge on any atom is 0.253 e. The molecule has 0 heterocycles. The topological polar surface area (TPSA) is 20.3 Å². The monoisotopic (exact) mass is 335 g/mol. The zero-order chi connectivity index (χ0) is 14.1. The Hall–Kier alpha value is -0.830. The molecule has 0 N–H and O–H groups in total. The summed E-state index contributed by atoms with van der Waals surface area (Å²) in [4.78, 5) is 14.4. The van der Waals surface area contributed by atoms with Crippen molar-refractivity contribution >= 4 is 21.8 Å². The normalized spacial score (nSPS) is 27.8. The predicted molar refractivity (Wildman–Crippen MR) is 85.0 cm³/mol. The first-order valence-electron chi connectivity index (χ1n) is 7.57. The highest BCUT2D eigenvalue weighted by Crippen LogP contribution is 2.48. The predicted octanol–water partition coefficient (Wildman–Crippen LogP) is 4.09. The Bertz CT molecular complexity index is 484. The maximum absolute atomic E-state index is 12.5. The second kappa shape index (κ2) is 5.88. The average Bonchev–Trinajstić information content (AvgIpc) is 3.09. The van der Waals surface area contributed by atoms with Crippen molar-refractivity contribution in [3.05, 3.63) is 35.4 Å². The van der Waals surface area contributed by atoms with Crippen LogP contribution in [-0.4, -0.2) is 24.4 Å². The number of benzene rings is 1. The Morgan fingerprint density at radius 2 is 2.00 bits per heavy atom. The first-order chi connectivity index (χ1) is 9.67. The molecule has 2 fully saturated rings. The van der Waals surface area contributed by atoms with E-state index >= 15 is 0 Å². The molecule has 0 saturated heterocycles. The van der Waals surface area contributed by atoms with Gasteiger partial charge >= 0.3 is 0 Å². The van der Waals surface area contributed by atoms with E-state index in [-0.39, 0.29) is 5.91 Å². The molecule has 0 radical (unpaired) electrons. The highest BCUT2D eigenvalue weighted by molar-refractivity contribution is 9.08. The van der Waals surface area contributed by atoms with E-state index in [1.807, 2.05) is 36.2 Å². The van der Waals surface area contributed by atoms with E-state index < -0.39 is 0 Å². The number of carbonyl (C=O) groups excluding carboxylic acids is 1. The van der Waals surface area contributed by atoms with Crippen LogP contribution in [0.25, 0.3) is 0 Å². The minimum absolute atomic E-state index is 0.161. The van der Waals surface area contributed by atoms with Crippen molar-refractivity contribution < 1.29 is 4.79 Å². The van der Waals surface area contributed by atoms with Crippen LogP contribution < -0.4 is 0 Å². The lowest BCUT2D eigenvalue weighted by molar-refractivity contribution is 0.0754. The minimum atomic E-state index is 0.161. The van der Waals surface area contributed by atoms with Gasteiger partial charge in [0.05, 0.1) is 0 Å². The molecular formula is C17H22BrNO. The van der Waals surface area contributed by atoms with Gasteiger partial charge in [-0.15, -0.1) is 0 Å². The SMILES string of the molecule is CN(CC1CC2CCC1C2)C(=O)c1ccc(CBr)cc1. The number of amides is 1. The lowest BCUT2D eigenvalue weighted by atomic mass is 9.88. The molecule has 3 unspecified atom stereocenters. The van der Waals surface area contributed by atoms with Gasteiger partial charge < -0.3 is 4.90 Å². The van der Waals surface area contributed by atoms with Gasteiger partial charge in [-0.1, -0.05) is 34.5 Å². The Morgan fingerprint density at radius 3 is 2.55 bits per heavy atom. The van der Waals surface area contributed by atoms with Gasteiger partial charge in [-0.05, 0) is 54.7 Å². The first-order valence-corrected chi connectivity index (χ1v) is 8.70. The van der Waals surface area contributed by atoms with Gasteiger partial charge in [0.25, 0.3) is 5.91 Å². The molecule has 3 atom stereocenters. The zero-order valence-electron chi connectivity index (χ0n) is 12.0. The molecule has 108 valence electrons. The summed E-state index contributed by atoms with van der Waals surface area (Å²) in [7, 11) is 1.95. The Balaban J connectivity index is 1.61. The molecule has 2 nitrogen and oxygen atoms in total. The lowest BCUT2D eigenvalue weighted by Gasteiger charge is -2.27. The molecule has 0 aliphatic heterocycles. The molecule has 0 aromatic heterocycles. The van der Waals surface area contributed by atoms with Gasteiger partial charge in [0, 0.05) is 24.5 Å². The lowest BCUT2D eigenvalue weighted by Crippen LogP contribution is -2.33. The van der Waals surface area contributed by atoms with Crippen molar-refractivity contribution in [3.63, 3.8) is 0 Å². The van der Waals surface area contributed by atoms with E-state index in [9.17, 15) is 4.79 Å². The van der Waals surface area contributed by atoms with Crippen LogP contribution in [0.5, 0.6) is 0 Å². The average molecular weight is 336 g/mol. The molecule has 1 aromatic carbocycles. The van der Waals surface area contributed by atoms with Crippen molar-refractivity contribution in [2.45, 2.75) is 31.0 Å². The molecule has 3 heteroatoms. The van der Waals surface area contributed by atoms with Crippen LogP contribution in [0.15, 0.2) is 24.3 Å². The molecule has 2 aliphatic rings. The quantitative estimate of drug-likeness (QED) is 0.759. The second-order valence-electron chi connectivity index (χ2n) is 6.45. The van der Waals surface area contributed by atoms with Crippen LogP contribution in [0, 0.1) is 17.8 Å². The second-order valence-corrected chi connectivity index (χ2v) is 7.01.